The maximum absolute atomic E-state index is 12.7. The van der Waals surface area contributed by atoms with E-state index in [1.165, 1.54) is 57.2 Å². The summed E-state index contributed by atoms with van der Waals surface area (Å²) in [6.45, 7) is -1.03. The number of alkyl halides is 2. The minimum absolute atomic E-state index is 0. The van der Waals surface area contributed by atoms with E-state index in [9.17, 15) is 18.0 Å². The quantitative estimate of drug-likeness (QED) is 0.314. The van der Waals surface area contributed by atoms with Gasteiger partial charge in [0.05, 0.1) is 12.1 Å². The van der Waals surface area contributed by atoms with Gasteiger partial charge in [0.2, 0.25) is 12.9 Å². The predicted molar refractivity (Wildman–Crippen MR) is 138 cm³/mol. The number of nitrogens with zero attached hydrogens (tertiary/aromatic N) is 2. The Kier molecular flexibility index (Phi) is 19.6. The number of aromatic nitrogens is 1. The van der Waals surface area contributed by atoms with E-state index in [0.717, 1.165) is 16.7 Å². The Hall–Kier alpha value is -2.26. The third kappa shape index (κ3) is 12.1. The summed E-state index contributed by atoms with van der Waals surface area (Å²) in [5.74, 6) is -0.536. The van der Waals surface area contributed by atoms with Crippen LogP contribution in [0.3, 0.4) is 0 Å². The molecule has 0 spiro atoms. The van der Waals surface area contributed by atoms with Crippen LogP contribution in [-0.4, -0.2) is 31.0 Å². The zero-order valence-electron chi connectivity index (χ0n) is 21.2. The van der Waals surface area contributed by atoms with E-state index in [1.54, 1.807) is 12.1 Å². The average molecular weight is 511 g/mol. The van der Waals surface area contributed by atoms with Gasteiger partial charge >= 0.3 is 29.6 Å². The number of hydrogen-bond donors (Lipinski definition) is 2. The van der Waals surface area contributed by atoms with Gasteiger partial charge in [-0.15, -0.1) is 6.42 Å². The minimum Gasteiger partial charge on any atom is -0.541 e. The van der Waals surface area contributed by atoms with Crippen molar-refractivity contribution < 1.29 is 47.5 Å². The molecule has 4 N–H and O–H groups in total. The van der Waals surface area contributed by atoms with Crippen molar-refractivity contribution in [2.75, 3.05) is 19.7 Å². The number of hydrogen-bond acceptors (Lipinski definition) is 5. The van der Waals surface area contributed by atoms with E-state index in [4.69, 9.17) is 5.73 Å². The summed E-state index contributed by atoms with van der Waals surface area (Å²) >= 11 is 0. The molecule has 1 aliphatic carbocycles. The fourth-order valence-electron chi connectivity index (χ4n) is 3.65. The second-order valence-electron chi connectivity index (χ2n) is 7.51. The molecule has 2 aliphatic rings. The molecule has 1 saturated carbocycles. The number of pyridine rings is 1. The number of anilines is 1. The first-order chi connectivity index (χ1) is 17.1. The SMILES string of the molecule is C1CCCCC1.CN.FCF.Nc1cc(F)nc2ccccc12.O=[C-]CC1=NCc2ccccc21.[Na+]. The van der Waals surface area contributed by atoms with Gasteiger partial charge < -0.3 is 16.3 Å². The van der Waals surface area contributed by atoms with Crippen molar-refractivity contribution in [3.8, 4) is 0 Å². The molecule has 3 aromatic rings. The molecule has 36 heavy (non-hydrogen) atoms. The van der Waals surface area contributed by atoms with E-state index in [2.05, 4.69) is 15.7 Å². The van der Waals surface area contributed by atoms with Crippen molar-refractivity contribution in [3.63, 3.8) is 0 Å². The smallest absolute Gasteiger partial charge is 0.541 e. The zero-order chi connectivity index (χ0) is 25.9. The molecule has 0 radical (unpaired) electrons. The fraction of sp³-hybridized carbons (Fsp3) is 0.370. The summed E-state index contributed by atoms with van der Waals surface area (Å²) in [5, 5.41) is 0.791. The molecule has 190 valence electrons. The second-order valence-corrected chi connectivity index (χ2v) is 7.51. The molecule has 1 fully saturated rings. The van der Waals surface area contributed by atoms with Crippen molar-refractivity contribution in [1.29, 1.82) is 0 Å². The van der Waals surface area contributed by atoms with Gasteiger partial charge in [-0.2, -0.15) is 4.39 Å². The summed E-state index contributed by atoms with van der Waals surface area (Å²) in [6.07, 6.45) is 11.2. The number of aliphatic imine (C=N–C) groups is 1. The first-order valence-electron chi connectivity index (χ1n) is 11.6. The number of benzene rings is 2. The molecule has 1 aromatic heterocycles. The molecule has 0 unspecified atom stereocenters. The summed E-state index contributed by atoms with van der Waals surface area (Å²) < 4.78 is 32.0. The van der Waals surface area contributed by atoms with Gasteiger partial charge in [-0.05, 0) is 24.2 Å². The van der Waals surface area contributed by atoms with Crippen LogP contribution in [0.15, 0.2) is 59.6 Å². The summed E-state index contributed by atoms with van der Waals surface area (Å²) in [5.41, 5.74) is 14.3. The van der Waals surface area contributed by atoms with Gasteiger partial charge in [0.15, 0.2) is 0 Å². The van der Waals surface area contributed by atoms with Crippen molar-refractivity contribution in [2.45, 2.75) is 51.5 Å². The largest absolute Gasteiger partial charge is 1.00 e. The van der Waals surface area contributed by atoms with Gasteiger partial charge in [0.1, 0.15) is 0 Å². The van der Waals surface area contributed by atoms with Crippen LogP contribution < -0.4 is 41.0 Å². The first kappa shape index (κ1) is 33.7. The topological polar surface area (TPSA) is 94.4 Å². The molecular formula is C27H34F3N4NaO. The molecule has 0 bridgehead atoms. The van der Waals surface area contributed by atoms with E-state index in [1.807, 2.05) is 42.7 Å². The van der Waals surface area contributed by atoms with Gasteiger partial charge in [-0.3, -0.25) is 11.3 Å². The second kappa shape index (κ2) is 20.9. The van der Waals surface area contributed by atoms with Crippen molar-refractivity contribution in [2.24, 2.45) is 10.7 Å². The summed E-state index contributed by atoms with van der Waals surface area (Å²) in [6, 6.07) is 16.4. The molecule has 5 nitrogen and oxygen atoms in total. The normalized spacial score (nSPS) is 12.8. The molecule has 9 heteroatoms. The fourth-order valence-corrected chi connectivity index (χ4v) is 3.65. The Morgan fingerprint density at radius 1 is 0.917 bits per heavy atom. The molecule has 1 aliphatic heterocycles. The molecule has 2 heterocycles. The monoisotopic (exact) mass is 510 g/mol. The molecule has 5 rings (SSSR count). The first-order valence-corrected chi connectivity index (χ1v) is 11.6. The average Bonchev–Trinajstić information content (AvgIpc) is 3.31. The Labute approximate surface area is 233 Å². The number of para-hydroxylation sites is 1. The van der Waals surface area contributed by atoms with Crippen LogP contribution in [0.4, 0.5) is 18.9 Å². The standard InChI is InChI=1S/C10H8NO.C9H7FN2.C6H12.CH2F2.CH5N.Na/c12-6-5-10-9-4-2-1-3-8(9)7-11-10;10-9-5-7(11)6-3-1-2-4-8(6)12-9;1-2-4-6-5-3-1;2-1-3;1-2;/h1-4H,5,7H2;1-5H,(H2,11,12);1-6H2;1H2;2H2,1H3;/q-1;;;;;+1. The third-order valence-corrected chi connectivity index (χ3v) is 5.23. The Bertz CT molecular complexity index is 1030. The summed E-state index contributed by atoms with van der Waals surface area (Å²) in [4.78, 5) is 18.1. The van der Waals surface area contributed by atoms with Crippen LogP contribution >= 0.6 is 0 Å². The van der Waals surface area contributed by atoms with Crippen LogP contribution in [0.2, 0.25) is 0 Å². The molecular weight excluding hydrogens is 476 g/mol. The maximum atomic E-state index is 12.7. The number of nitrogen functional groups attached to an aromatic ring is 1. The van der Waals surface area contributed by atoms with Crippen LogP contribution in [0, 0.1) is 5.95 Å². The predicted octanol–water partition coefficient (Wildman–Crippen LogP) is 3.25. The van der Waals surface area contributed by atoms with E-state index in [0.29, 0.717) is 24.2 Å². The number of halogens is 3. The number of nitrogens with two attached hydrogens (primary N) is 2. The molecule has 0 saturated heterocycles. The third-order valence-electron chi connectivity index (χ3n) is 5.23. The van der Waals surface area contributed by atoms with Gasteiger partial charge in [0, 0.05) is 22.9 Å². The Balaban J connectivity index is 0.000000481. The van der Waals surface area contributed by atoms with E-state index in [-0.39, 0.29) is 29.6 Å². The zero-order valence-corrected chi connectivity index (χ0v) is 23.2. The van der Waals surface area contributed by atoms with Crippen molar-refractivity contribution in [3.05, 3.63) is 71.7 Å². The van der Waals surface area contributed by atoms with Crippen LogP contribution in [0.1, 0.15) is 56.1 Å². The number of fused-ring (bicyclic) bond motifs is 2. The van der Waals surface area contributed by atoms with Gasteiger partial charge in [-0.25, -0.2) is 13.8 Å². The Morgan fingerprint density at radius 2 is 1.44 bits per heavy atom. The van der Waals surface area contributed by atoms with Crippen molar-refractivity contribution in [1.82, 2.24) is 4.98 Å². The van der Waals surface area contributed by atoms with Crippen LogP contribution in [0.25, 0.3) is 10.9 Å². The van der Waals surface area contributed by atoms with E-state index < -0.39 is 12.9 Å². The maximum Gasteiger partial charge on any atom is 1.00 e. The molecule has 0 amide bonds. The van der Waals surface area contributed by atoms with Crippen LogP contribution in [0.5, 0.6) is 0 Å². The van der Waals surface area contributed by atoms with Crippen molar-refractivity contribution >= 4 is 28.6 Å². The number of carbonyl (C=O) groups excluding carboxylic acids is 1. The van der Waals surface area contributed by atoms with Gasteiger partial charge in [-0.1, -0.05) is 81.0 Å². The van der Waals surface area contributed by atoms with Gasteiger partial charge in [0.25, 0.3) is 0 Å². The Morgan fingerprint density at radius 3 is 2.03 bits per heavy atom. The summed E-state index contributed by atoms with van der Waals surface area (Å²) in [7, 11) is 1.50. The number of rotatable bonds is 2. The van der Waals surface area contributed by atoms with E-state index >= 15 is 0 Å². The molecule has 0 atom stereocenters. The molecule has 2 aromatic carbocycles. The van der Waals surface area contributed by atoms with Crippen LogP contribution in [-0.2, 0) is 11.3 Å². The minimum atomic E-state index is -1.75.